The van der Waals surface area contributed by atoms with E-state index < -0.39 is 11.9 Å². The monoisotopic (exact) mass is 494 g/mol. The van der Waals surface area contributed by atoms with Crippen LogP contribution in [0.25, 0.3) is 10.1 Å². The second-order valence-corrected chi connectivity index (χ2v) is 8.39. The summed E-state index contributed by atoms with van der Waals surface area (Å²) in [6.07, 6.45) is 1.47. The van der Waals surface area contributed by atoms with Crippen LogP contribution >= 0.6 is 22.9 Å². The molecule has 0 saturated carbocycles. The number of nitrogens with one attached hydrogen (secondary N) is 1. The summed E-state index contributed by atoms with van der Waals surface area (Å²) in [5.74, 6) is 0.690. The maximum absolute atomic E-state index is 12.5. The number of esters is 1. The second-order valence-electron chi connectivity index (χ2n) is 6.96. The molecule has 0 radical (unpaired) electrons. The normalized spacial score (nSPS) is 10.9. The molecule has 7 nitrogen and oxygen atoms in total. The van der Waals surface area contributed by atoms with Crippen molar-refractivity contribution in [3.05, 3.63) is 88.3 Å². The maximum Gasteiger partial charge on any atom is 0.355 e. The maximum atomic E-state index is 12.5. The molecule has 0 unspecified atom stereocenters. The Morgan fingerprint density at radius 2 is 1.65 bits per heavy atom. The van der Waals surface area contributed by atoms with Crippen molar-refractivity contribution in [1.29, 1.82) is 0 Å². The highest BCUT2D eigenvalue weighted by atomic mass is 35.5. The van der Waals surface area contributed by atoms with Crippen molar-refractivity contribution in [2.75, 3.05) is 13.7 Å². The van der Waals surface area contributed by atoms with E-state index in [-0.39, 0.29) is 6.61 Å². The Labute approximate surface area is 204 Å². The summed E-state index contributed by atoms with van der Waals surface area (Å²) >= 11 is 7.63. The fourth-order valence-electron chi connectivity index (χ4n) is 2.95. The number of nitrogens with zero attached hydrogens (tertiary/aromatic N) is 1. The van der Waals surface area contributed by atoms with Crippen LogP contribution < -0.4 is 19.6 Å². The molecule has 9 heteroatoms. The number of halogens is 1. The summed E-state index contributed by atoms with van der Waals surface area (Å²) in [4.78, 5) is 24.8. The van der Waals surface area contributed by atoms with Gasteiger partial charge < -0.3 is 14.2 Å². The van der Waals surface area contributed by atoms with Crippen LogP contribution in [0.2, 0.25) is 5.02 Å². The van der Waals surface area contributed by atoms with Crippen LogP contribution in [0.4, 0.5) is 0 Å². The molecule has 34 heavy (non-hydrogen) atoms. The molecule has 1 aromatic heterocycles. The number of methoxy groups -OCH3 is 1. The number of amides is 1. The standard InChI is InChI=1S/C25H19ClN2O5S/c1-31-17-10-12-18(13-11-17)32-15-22(29)28-27-14-16-6-8-19(9-7-16)33-25(30)24-23(26)20-4-2-3-5-21(20)34-24/h2-14H,15H2,1H3,(H,28,29)/b27-14+. The third-order valence-corrected chi connectivity index (χ3v) is 6.30. The molecule has 172 valence electrons. The lowest BCUT2D eigenvalue weighted by Crippen LogP contribution is -2.24. The van der Waals surface area contributed by atoms with Crippen LogP contribution in [0.3, 0.4) is 0 Å². The molecule has 0 aliphatic rings. The summed E-state index contributed by atoms with van der Waals surface area (Å²) < 4.78 is 16.8. The lowest BCUT2D eigenvalue weighted by molar-refractivity contribution is -0.123. The first-order valence-corrected chi connectivity index (χ1v) is 11.3. The van der Waals surface area contributed by atoms with E-state index in [0.717, 1.165) is 10.1 Å². The molecule has 0 spiro atoms. The summed E-state index contributed by atoms with van der Waals surface area (Å²) in [5.41, 5.74) is 3.10. The molecule has 1 heterocycles. The lowest BCUT2D eigenvalue weighted by Gasteiger charge is -2.06. The van der Waals surface area contributed by atoms with Crippen molar-refractivity contribution in [2.24, 2.45) is 5.10 Å². The van der Waals surface area contributed by atoms with Gasteiger partial charge in [-0.05, 0) is 60.2 Å². The first kappa shape index (κ1) is 23.3. The van der Waals surface area contributed by atoms with E-state index in [1.165, 1.54) is 17.6 Å². The topological polar surface area (TPSA) is 86.2 Å². The van der Waals surface area contributed by atoms with Gasteiger partial charge in [0.25, 0.3) is 5.91 Å². The molecule has 4 aromatic rings. The van der Waals surface area contributed by atoms with Crippen molar-refractivity contribution in [1.82, 2.24) is 5.43 Å². The second kappa shape index (κ2) is 10.8. The van der Waals surface area contributed by atoms with Gasteiger partial charge in [0, 0.05) is 10.1 Å². The number of hydrogen-bond donors (Lipinski definition) is 1. The van der Waals surface area contributed by atoms with Crippen molar-refractivity contribution >= 4 is 51.1 Å². The van der Waals surface area contributed by atoms with Crippen molar-refractivity contribution in [3.8, 4) is 17.2 Å². The lowest BCUT2D eigenvalue weighted by atomic mass is 10.2. The summed E-state index contributed by atoms with van der Waals surface area (Å²) in [5, 5.41) is 5.12. The Bertz CT molecular complexity index is 1330. The Morgan fingerprint density at radius 1 is 0.971 bits per heavy atom. The molecule has 0 aliphatic heterocycles. The Morgan fingerprint density at radius 3 is 2.35 bits per heavy atom. The van der Waals surface area contributed by atoms with Crippen LogP contribution in [0.1, 0.15) is 15.2 Å². The average molecular weight is 495 g/mol. The molecule has 0 saturated heterocycles. The van der Waals surface area contributed by atoms with Gasteiger partial charge in [-0.25, -0.2) is 10.2 Å². The zero-order chi connectivity index (χ0) is 23.9. The quantitative estimate of drug-likeness (QED) is 0.155. The van der Waals surface area contributed by atoms with E-state index in [1.807, 2.05) is 24.3 Å². The summed E-state index contributed by atoms with van der Waals surface area (Å²) in [6, 6.07) is 21.1. The van der Waals surface area contributed by atoms with Crippen LogP contribution in [0.15, 0.2) is 77.9 Å². The Kier molecular flexibility index (Phi) is 7.41. The minimum Gasteiger partial charge on any atom is -0.497 e. The average Bonchev–Trinajstić information content (AvgIpc) is 3.21. The minimum atomic E-state index is -0.517. The van der Waals surface area contributed by atoms with Gasteiger partial charge in [-0.1, -0.05) is 29.8 Å². The molecule has 1 amide bonds. The number of hydrazone groups is 1. The molecule has 0 atom stereocenters. The molecule has 0 bridgehead atoms. The van der Waals surface area contributed by atoms with Gasteiger partial charge in [-0.3, -0.25) is 4.79 Å². The summed E-state index contributed by atoms with van der Waals surface area (Å²) in [6.45, 7) is -0.182. The Balaban J connectivity index is 1.27. The van der Waals surface area contributed by atoms with Gasteiger partial charge in [0.2, 0.25) is 0 Å². The predicted molar refractivity (Wildman–Crippen MR) is 132 cm³/mol. The van der Waals surface area contributed by atoms with Crippen LogP contribution in [-0.2, 0) is 4.79 Å². The molecule has 0 aliphatic carbocycles. The van der Waals surface area contributed by atoms with Gasteiger partial charge in [0.15, 0.2) is 6.61 Å². The fourth-order valence-corrected chi connectivity index (χ4v) is 4.34. The zero-order valence-corrected chi connectivity index (χ0v) is 19.6. The number of fused-ring (bicyclic) bond motifs is 1. The number of carbonyl (C=O) groups excluding carboxylic acids is 2. The van der Waals surface area contributed by atoms with E-state index in [0.29, 0.717) is 32.7 Å². The van der Waals surface area contributed by atoms with Gasteiger partial charge >= 0.3 is 5.97 Å². The highest BCUT2D eigenvalue weighted by Crippen LogP contribution is 2.35. The van der Waals surface area contributed by atoms with E-state index >= 15 is 0 Å². The van der Waals surface area contributed by atoms with E-state index in [2.05, 4.69) is 10.5 Å². The molecular weight excluding hydrogens is 476 g/mol. The van der Waals surface area contributed by atoms with Gasteiger partial charge in [0.05, 0.1) is 18.3 Å². The van der Waals surface area contributed by atoms with Crippen molar-refractivity contribution in [3.63, 3.8) is 0 Å². The molecule has 4 rings (SSSR count). The van der Waals surface area contributed by atoms with Gasteiger partial charge in [-0.2, -0.15) is 5.10 Å². The molecular formula is C25H19ClN2O5S. The molecule has 1 N–H and O–H groups in total. The van der Waals surface area contributed by atoms with Crippen LogP contribution in [0.5, 0.6) is 17.2 Å². The predicted octanol–water partition coefficient (Wildman–Crippen LogP) is 5.31. The number of ether oxygens (including phenoxy) is 3. The number of hydrogen-bond acceptors (Lipinski definition) is 7. The van der Waals surface area contributed by atoms with E-state index in [9.17, 15) is 9.59 Å². The van der Waals surface area contributed by atoms with Crippen molar-refractivity contribution in [2.45, 2.75) is 0 Å². The third-order valence-electron chi connectivity index (χ3n) is 4.64. The largest absolute Gasteiger partial charge is 0.497 e. The Hall–Kier alpha value is -3.88. The highest BCUT2D eigenvalue weighted by Gasteiger charge is 2.18. The first-order valence-electron chi connectivity index (χ1n) is 10.1. The van der Waals surface area contributed by atoms with E-state index in [4.69, 9.17) is 25.8 Å². The number of thiophene rings is 1. The third kappa shape index (κ3) is 5.72. The minimum absolute atomic E-state index is 0.182. The SMILES string of the molecule is COc1ccc(OCC(=O)N/N=C/c2ccc(OC(=O)c3sc4ccccc4c3Cl)cc2)cc1. The fraction of sp³-hybridized carbons (Fsp3) is 0.0800. The molecule has 0 fully saturated rings. The number of carbonyl (C=O) groups is 2. The summed E-state index contributed by atoms with van der Waals surface area (Å²) in [7, 11) is 1.57. The first-order chi connectivity index (χ1) is 16.5. The number of rotatable bonds is 8. The van der Waals surface area contributed by atoms with Crippen molar-refractivity contribution < 1.29 is 23.8 Å². The van der Waals surface area contributed by atoms with Crippen LogP contribution in [-0.4, -0.2) is 31.8 Å². The zero-order valence-electron chi connectivity index (χ0n) is 18.0. The van der Waals surface area contributed by atoms with E-state index in [1.54, 1.807) is 55.6 Å². The van der Waals surface area contributed by atoms with Gasteiger partial charge in [-0.15, -0.1) is 11.3 Å². The number of benzene rings is 3. The highest BCUT2D eigenvalue weighted by molar-refractivity contribution is 7.21. The molecule has 3 aromatic carbocycles. The van der Waals surface area contributed by atoms with Gasteiger partial charge in [0.1, 0.15) is 22.1 Å². The smallest absolute Gasteiger partial charge is 0.355 e. The van der Waals surface area contributed by atoms with Crippen LogP contribution in [0, 0.1) is 0 Å².